The number of hydrogen-bond donors (Lipinski definition) is 2. The molecule has 0 amide bonds. The van der Waals surface area contributed by atoms with Crippen LogP contribution in [-0.4, -0.2) is 33.7 Å². The van der Waals surface area contributed by atoms with Gasteiger partial charge in [0.2, 0.25) is 0 Å². The van der Waals surface area contributed by atoms with Crippen molar-refractivity contribution in [1.82, 2.24) is 0 Å². The number of benzene rings is 4. The molecule has 0 bridgehead atoms. The van der Waals surface area contributed by atoms with Gasteiger partial charge >= 0.3 is 11.9 Å². The van der Waals surface area contributed by atoms with Crippen molar-refractivity contribution in [2.45, 2.75) is 105 Å². The van der Waals surface area contributed by atoms with Gasteiger partial charge in [-0.1, -0.05) is 93.0 Å². The van der Waals surface area contributed by atoms with E-state index in [-0.39, 0.29) is 57.6 Å². The second kappa shape index (κ2) is 19.6. The highest BCUT2D eigenvalue weighted by Crippen LogP contribution is 2.45. The van der Waals surface area contributed by atoms with Gasteiger partial charge in [0.05, 0.1) is 20.9 Å². The molecule has 4 aromatic carbocycles. The number of hydrogen-bond acceptors (Lipinski definition) is 4. The van der Waals surface area contributed by atoms with Gasteiger partial charge < -0.3 is 10.2 Å². The Hall–Kier alpha value is -4.04. The highest BCUT2D eigenvalue weighted by molar-refractivity contribution is 7.99. The summed E-state index contributed by atoms with van der Waals surface area (Å²) in [5.41, 5.74) is 1.57. The number of carbonyl (C=O) groups is 2. The molecule has 306 valence electrons. The van der Waals surface area contributed by atoms with E-state index in [0.29, 0.717) is 34.1 Å². The number of aromatic carboxylic acids is 2. The smallest absolute Gasteiger partial charge is 0.335 e. The van der Waals surface area contributed by atoms with Crippen LogP contribution in [0, 0.1) is 35.1 Å². The molecule has 0 aliphatic heterocycles. The molecule has 0 saturated heterocycles. The van der Waals surface area contributed by atoms with Crippen molar-refractivity contribution < 1.29 is 54.9 Å². The van der Waals surface area contributed by atoms with Crippen molar-refractivity contribution in [1.29, 1.82) is 0 Å². The van der Waals surface area contributed by atoms with Gasteiger partial charge in [-0.2, -0.15) is 17.6 Å². The Balaban J connectivity index is 0.000000218. The minimum atomic E-state index is -2.87. The van der Waals surface area contributed by atoms with Gasteiger partial charge in [0, 0.05) is 11.1 Å². The summed E-state index contributed by atoms with van der Waals surface area (Å²) in [5.74, 6) is -12.1. The largest absolute Gasteiger partial charge is 0.478 e. The Morgan fingerprint density at radius 3 is 1.32 bits per heavy atom. The van der Waals surface area contributed by atoms with E-state index in [4.69, 9.17) is 0 Å². The van der Waals surface area contributed by atoms with Crippen molar-refractivity contribution in [2.24, 2.45) is 11.8 Å². The number of alkyl halides is 4. The quantitative estimate of drug-likeness (QED) is 0.116. The predicted molar refractivity (Wildman–Crippen MR) is 207 cm³/mol. The first-order valence-corrected chi connectivity index (χ1v) is 20.5. The van der Waals surface area contributed by atoms with Crippen LogP contribution in [0.1, 0.15) is 115 Å². The molecule has 2 aliphatic carbocycles. The Morgan fingerprint density at radius 2 is 0.965 bits per heavy atom. The molecule has 2 aliphatic rings. The highest BCUT2D eigenvalue weighted by Gasteiger charge is 2.31. The van der Waals surface area contributed by atoms with Crippen LogP contribution >= 0.6 is 23.5 Å². The average Bonchev–Trinajstić information content (AvgIpc) is 3.18. The van der Waals surface area contributed by atoms with Gasteiger partial charge in [0.1, 0.15) is 0 Å². The van der Waals surface area contributed by atoms with E-state index in [2.05, 4.69) is 13.8 Å². The van der Waals surface area contributed by atoms with E-state index in [1.807, 2.05) is 0 Å². The Kier molecular flexibility index (Phi) is 15.2. The van der Waals surface area contributed by atoms with Crippen molar-refractivity contribution in [2.75, 3.05) is 0 Å². The van der Waals surface area contributed by atoms with Crippen LogP contribution in [0.15, 0.2) is 70.5 Å². The lowest BCUT2D eigenvalue weighted by molar-refractivity contribution is 0.0684. The summed E-state index contributed by atoms with van der Waals surface area (Å²) in [6.07, 6.45) is 7.91. The lowest BCUT2D eigenvalue weighted by atomic mass is 9.74. The molecule has 14 heteroatoms. The van der Waals surface area contributed by atoms with Gasteiger partial charge in [-0.15, -0.1) is 0 Å². The zero-order valence-electron chi connectivity index (χ0n) is 31.2. The maximum absolute atomic E-state index is 14.8. The van der Waals surface area contributed by atoms with Gasteiger partial charge in [-0.05, 0) is 109 Å². The molecular formula is C43H42F8O4S2. The van der Waals surface area contributed by atoms with Crippen LogP contribution in [0.4, 0.5) is 35.1 Å². The molecule has 4 aromatic rings. The molecule has 4 nitrogen and oxygen atoms in total. The first-order valence-electron chi connectivity index (χ1n) is 18.7. The van der Waals surface area contributed by atoms with Crippen LogP contribution in [0.5, 0.6) is 0 Å². The number of carboxylic acid groups (broad SMARTS) is 2. The lowest BCUT2D eigenvalue weighted by Gasteiger charge is -2.30. The first-order chi connectivity index (χ1) is 27.1. The summed E-state index contributed by atoms with van der Waals surface area (Å²) in [5, 5.41) is 19.3. The van der Waals surface area contributed by atoms with Gasteiger partial charge in [0.15, 0.2) is 23.3 Å². The SMILES string of the molecule is CC1CCC(c2c(C(=O)O)cccc2-c2ccc(SC(F)F)c(F)c2F)CC1.CCC1CCC(c2c(C(=O)O)cccc2-c2ccc(SC(F)F)c(F)c2F)CC1. The minimum absolute atomic E-state index is 0.0563. The fourth-order valence-corrected chi connectivity index (χ4v) is 9.18. The molecule has 2 saturated carbocycles. The van der Waals surface area contributed by atoms with E-state index >= 15 is 0 Å². The third-order valence-electron chi connectivity index (χ3n) is 11.0. The molecule has 6 rings (SSSR count). The summed E-state index contributed by atoms with van der Waals surface area (Å²) in [4.78, 5) is 22.7. The van der Waals surface area contributed by atoms with E-state index < -0.39 is 56.5 Å². The van der Waals surface area contributed by atoms with E-state index in [0.717, 1.165) is 69.9 Å². The second-order valence-corrected chi connectivity index (χ2v) is 16.5. The summed E-state index contributed by atoms with van der Waals surface area (Å²) < 4.78 is 109. The van der Waals surface area contributed by atoms with E-state index in [1.165, 1.54) is 36.4 Å². The van der Waals surface area contributed by atoms with E-state index in [9.17, 15) is 54.9 Å². The highest BCUT2D eigenvalue weighted by atomic mass is 32.2. The zero-order valence-corrected chi connectivity index (χ0v) is 32.8. The fraction of sp³-hybridized carbons (Fsp3) is 0.395. The number of carboxylic acids is 2. The molecular weight excluding hydrogens is 797 g/mol. The molecule has 0 unspecified atom stereocenters. The molecule has 57 heavy (non-hydrogen) atoms. The number of rotatable bonds is 11. The Bertz CT molecular complexity index is 2060. The molecule has 2 N–H and O–H groups in total. The molecule has 0 aromatic heterocycles. The summed E-state index contributed by atoms with van der Waals surface area (Å²) in [6, 6.07) is 13.8. The molecule has 0 heterocycles. The van der Waals surface area contributed by atoms with Crippen LogP contribution in [0.3, 0.4) is 0 Å². The van der Waals surface area contributed by atoms with Gasteiger partial charge in [-0.3, -0.25) is 0 Å². The Morgan fingerprint density at radius 1 is 0.579 bits per heavy atom. The van der Waals surface area contributed by atoms with Crippen LogP contribution < -0.4 is 0 Å². The summed E-state index contributed by atoms with van der Waals surface area (Å²) in [6.45, 7) is 4.26. The molecule has 0 spiro atoms. The van der Waals surface area contributed by atoms with Gasteiger partial charge in [-0.25, -0.2) is 27.2 Å². The van der Waals surface area contributed by atoms with Crippen LogP contribution in [0.2, 0.25) is 0 Å². The monoisotopic (exact) mass is 838 g/mol. The number of thioether (sulfide) groups is 2. The average molecular weight is 839 g/mol. The van der Waals surface area contributed by atoms with Crippen molar-refractivity contribution in [3.8, 4) is 22.3 Å². The van der Waals surface area contributed by atoms with E-state index in [1.54, 1.807) is 12.1 Å². The normalized spacial score (nSPS) is 19.6. The van der Waals surface area contributed by atoms with Crippen molar-refractivity contribution in [3.63, 3.8) is 0 Å². The maximum Gasteiger partial charge on any atom is 0.335 e. The summed E-state index contributed by atoms with van der Waals surface area (Å²) >= 11 is -0.115. The summed E-state index contributed by atoms with van der Waals surface area (Å²) in [7, 11) is 0. The van der Waals surface area contributed by atoms with Crippen molar-refractivity contribution >= 4 is 35.5 Å². The standard InChI is InChI=1S/C22H22F4O2S.C21H20F4O2S/c1-2-12-6-8-13(9-7-12)18-14(4-3-5-16(18)21(27)28)15-10-11-17(29-22(25)26)20(24)19(15)23;1-11-5-7-12(8-6-11)17-13(3-2-4-15(17)20(26)27)14-9-10-16(28-21(24)25)19(23)18(14)22/h3-5,10-13,22H,2,6-9H2,1H3,(H,27,28);2-4,9-12,21H,5-8H2,1H3,(H,26,27). The molecule has 0 radical (unpaired) electrons. The van der Waals surface area contributed by atoms with Crippen LogP contribution in [0.25, 0.3) is 22.3 Å². The second-order valence-electron chi connectivity index (χ2n) is 14.5. The third kappa shape index (κ3) is 10.3. The lowest BCUT2D eigenvalue weighted by Crippen LogP contribution is -2.16. The number of halogens is 8. The fourth-order valence-electron chi connectivity index (χ4n) is 8.11. The zero-order chi connectivity index (χ0) is 41.6. The topological polar surface area (TPSA) is 74.6 Å². The minimum Gasteiger partial charge on any atom is -0.478 e. The predicted octanol–water partition coefficient (Wildman–Crippen LogP) is 14.3. The van der Waals surface area contributed by atoms with Gasteiger partial charge in [0.25, 0.3) is 11.5 Å². The van der Waals surface area contributed by atoms with Crippen LogP contribution in [-0.2, 0) is 0 Å². The molecule has 2 fully saturated rings. The van der Waals surface area contributed by atoms with Crippen molar-refractivity contribution in [3.05, 3.63) is 106 Å². The first kappa shape index (κ1) is 44.1. The molecule has 0 atom stereocenters. The third-order valence-corrected chi connectivity index (χ3v) is 12.5. The maximum atomic E-state index is 14.8. The Labute approximate surface area is 334 Å².